The number of aromatic nitrogens is 5. The number of carboxylic acid groups (broad SMARTS) is 1. The maximum absolute atomic E-state index is 11.3. The van der Waals surface area contributed by atoms with Gasteiger partial charge in [-0.3, -0.25) is 0 Å². The van der Waals surface area contributed by atoms with Crippen molar-refractivity contribution in [3.63, 3.8) is 0 Å². The monoisotopic (exact) mass is 291 g/mol. The van der Waals surface area contributed by atoms with Gasteiger partial charge >= 0.3 is 5.97 Å². The summed E-state index contributed by atoms with van der Waals surface area (Å²) in [6, 6.07) is 0.290. The quantitative estimate of drug-likeness (QED) is 0.879. The second kappa shape index (κ2) is 6.07. The molecule has 0 unspecified atom stereocenters. The smallest absolute Gasteiger partial charge is 0.358 e. The fraction of sp³-hybridized carbons (Fsp3) is 0.571. The largest absolute Gasteiger partial charge is 0.476 e. The minimum atomic E-state index is -1.03. The van der Waals surface area contributed by atoms with Crippen molar-refractivity contribution in [2.45, 2.75) is 46.7 Å². The molecule has 7 heteroatoms. The minimum absolute atomic E-state index is 0.0410. The number of carbonyl (C=O) groups is 1. The number of aromatic carboxylic acids is 1. The maximum Gasteiger partial charge on any atom is 0.358 e. The molecule has 7 nitrogen and oxygen atoms in total. The van der Waals surface area contributed by atoms with E-state index in [1.165, 1.54) is 0 Å². The molecular weight excluding hydrogens is 270 g/mol. The van der Waals surface area contributed by atoms with Crippen molar-refractivity contribution in [3.05, 3.63) is 29.6 Å². The van der Waals surface area contributed by atoms with Gasteiger partial charge in [-0.1, -0.05) is 19.1 Å². The standard InChI is InChI=1S/C14H21N5O2/c1-9(2)5-12-13(14(20)21)16-17-19(12)7-11-6-15-8-18(11)10(3)4/h6,8-10H,5,7H2,1-4H3,(H,20,21). The second-order valence-electron chi connectivity index (χ2n) is 5.83. The van der Waals surface area contributed by atoms with Crippen LogP contribution in [0, 0.1) is 5.92 Å². The highest BCUT2D eigenvalue weighted by molar-refractivity contribution is 5.86. The number of carboxylic acids is 1. The van der Waals surface area contributed by atoms with Crippen molar-refractivity contribution < 1.29 is 9.90 Å². The van der Waals surface area contributed by atoms with Gasteiger partial charge in [-0.25, -0.2) is 14.5 Å². The predicted octanol–water partition coefficient (Wildman–Crippen LogP) is 2.00. The van der Waals surface area contributed by atoms with Gasteiger partial charge in [-0.2, -0.15) is 0 Å². The highest BCUT2D eigenvalue weighted by Crippen LogP contribution is 2.15. The molecule has 0 radical (unpaired) electrons. The topological polar surface area (TPSA) is 85.8 Å². The lowest BCUT2D eigenvalue weighted by Crippen LogP contribution is -2.14. The third-order valence-corrected chi connectivity index (χ3v) is 3.26. The molecule has 2 aromatic rings. The molecule has 0 aromatic carbocycles. The Morgan fingerprint density at radius 1 is 1.33 bits per heavy atom. The lowest BCUT2D eigenvalue weighted by molar-refractivity contribution is 0.0689. The molecule has 0 aliphatic rings. The van der Waals surface area contributed by atoms with Crippen LogP contribution in [0.4, 0.5) is 0 Å². The van der Waals surface area contributed by atoms with Crippen LogP contribution < -0.4 is 0 Å². The highest BCUT2D eigenvalue weighted by Gasteiger charge is 2.20. The van der Waals surface area contributed by atoms with Crippen LogP contribution in [0.1, 0.15) is 55.6 Å². The van der Waals surface area contributed by atoms with E-state index in [4.69, 9.17) is 0 Å². The Morgan fingerprint density at radius 3 is 2.62 bits per heavy atom. The molecule has 0 saturated carbocycles. The zero-order chi connectivity index (χ0) is 15.6. The minimum Gasteiger partial charge on any atom is -0.476 e. The van der Waals surface area contributed by atoms with E-state index in [1.807, 2.05) is 18.4 Å². The van der Waals surface area contributed by atoms with E-state index < -0.39 is 5.97 Å². The number of hydrogen-bond donors (Lipinski definition) is 1. The van der Waals surface area contributed by atoms with E-state index in [9.17, 15) is 9.90 Å². The number of nitrogens with zero attached hydrogens (tertiary/aromatic N) is 5. The van der Waals surface area contributed by atoms with Crippen molar-refractivity contribution in [1.82, 2.24) is 24.5 Å². The predicted molar refractivity (Wildman–Crippen MR) is 77.2 cm³/mol. The first-order valence-electron chi connectivity index (χ1n) is 7.06. The number of rotatable bonds is 6. The highest BCUT2D eigenvalue weighted by atomic mass is 16.4. The fourth-order valence-electron chi connectivity index (χ4n) is 2.29. The molecule has 0 bridgehead atoms. The maximum atomic E-state index is 11.3. The van der Waals surface area contributed by atoms with E-state index >= 15 is 0 Å². The fourth-order valence-corrected chi connectivity index (χ4v) is 2.29. The van der Waals surface area contributed by atoms with Crippen LogP contribution in [0.5, 0.6) is 0 Å². The Kier molecular flexibility index (Phi) is 4.40. The van der Waals surface area contributed by atoms with E-state index in [1.54, 1.807) is 17.2 Å². The Hall–Kier alpha value is -2.18. The first-order valence-corrected chi connectivity index (χ1v) is 7.06. The second-order valence-corrected chi connectivity index (χ2v) is 5.83. The molecule has 0 atom stereocenters. The van der Waals surface area contributed by atoms with Crippen molar-refractivity contribution in [2.24, 2.45) is 5.92 Å². The molecular formula is C14H21N5O2. The van der Waals surface area contributed by atoms with Gasteiger partial charge in [0.15, 0.2) is 5.69 Å². The number of hydrogen-bond acceptors (Lipinski definition) is 4. The third kappa shape index (κ3) is 3.29. The SMILES string of the molecule is CC(C)Cc1c(C(=O)O)nnn1Cc1cncn1C(C)C. The Bertz CT molecular complexity index is 627. The number of imidazole rings is 1. The van der Waals surface area contributed by atoms with Crippen LogP contribution in [0.25, 0.3) is 0 Å². The summed E-state index contributed by atoms with van der Waals surface area (Å²) in [6.45, 7) is 8.71. The van der Waals surface area contributed by atoms with Crippen LogP contribution in [0.3, 0.4) is 0 Å². The summed E-state index contributed by atoms with van der Waals surface area (Å²) in [5.74, 6) is -0.704. The van der Waals surface area contributed by atoms with Crippen LogP contribution >= 0.6 is 0 Å². The summed E-state index contributed by atoms with van der Waals surface area (Å²) in [4.78, 5) is 15.4. The molecule has 1 N–H and O–H groups in total. The van der Waals surface area contributed by atoms with E-state index in [0.717, 1.165) is 5.69 Å². The first kappa shape index (κ1) is 15.2. The molecule has 0 amide bonds. The Morgan fingerprint density at radius 2 is 2.05 bits per heavy atom. The van der Waals surface area contributed by atoms with E-state index in [-0.39, 0.29) is 5.69 Å². The van der Waals surface area contributed by atoms with Gasteiger partial charge in [0, 0.05) is 6.04 Å². The normalized spacial score (nSPS) is 11.5. The molecule has 0 saturated heterocycles. The van der Waals surface area contributed by atoms with Gasteiger partial charge in [0.1, 0.15) is 0 Å². The van der Waals surface area contributed by atoms with Crippen LogP contribution in [-0.2, 0) is 13.0 Å². The summed E-state index contributed by atoms with van der Waals surface area (Å²) in [6.07, 6.45) is 4.18. The van der Waals surface area contributed by atoms with Gasteiger partial charge in [0.05, 0.1) is 30.5 Å². The summed E-state index contributed by atoms with van der Waals surface area (Å²) in [5.41, 5.74) is 1.69. The molecule has 2 rings (SSSR count). The van der Waals surface area contributed by atoms with Crippen LogP contribution in [-0.4, -0.2) is 35.6 Å². The van der Waals surface area contributed by atoms with Gasteiger partial charge in [-0.05, 0) is 26.2 Å². The zero-order valence-electron chi connectivity index (χ0n) is 12.8. The molecule has 21 heavy (non-hydrogen) atoms. The lowest BCUT2D eigenvalue weighted by Gasteiger charge is -2.13. The van der Waals surface area contributed by atoms with Crippen molar-refractivity contribution in [1.29, 1.82) is 0 Å². The Balaban J connectivity index is 2.35. The molecule has 0 aliphatic heterocycles. The van der Waals surface area contributed by atoms with Gasteiger partial charge < -0.3 is 9.67 Å². The van der Waals surface area contributed by atoms with Crippen molar-refractivity contribution >= 4 is 5.97 Å². The Labute approximate surface area is 123 Å². The van der Waals surface area contributed by atoms with Crippen LogP contribution in [0.2, 0.25) is 0 Å². The van der Waals surface area contributed by atoms with Gasteiger partial charge in [-0.15, -0.1) is 5.10 Å². The first-order chi connectivity index (χ1) is 9.90. The lowest BCUT2D eigenvalue weighted by atomic mass is 10.1. The summed E-state index contributed by atoms with van der Waals surface area (Å²) in [5, 5.41) is 17.0. The average molecular weight is 291 g/mol. The van der Waals surface area contributed by atoms with Crippen LogP contribution in [0.15, 0.2) is 12.5 Å². The molecule has 0 spiro atoms. The zero-order valence-corrected chi connectivity index (χ0v) is 12.8. The molecule has 2 heterocycles. The average Bonchev–Trinajstić information content (AvgIpc) is 2.97. The summed E-state index contributed by atoms with van der Waals surface area (Å²) < 4.78 is 3.71. The third-order valence-electron chi connectivity index (χ3n) is 3.26. The van der Waals surface area contributed by atoms with E-state index in [2.05, 4.69) is 29.1 Å². The van der Waals surface area contributed by atoms with Crippen molar-refractivity contribution in [2.75, 3.05) is 0 Å². The molecule has 114 valence electrons. The molecule has 0 fully saturated rings. The summed E-state index contributed by atoms with van der Waals surface area (Å²) >= 11 is 0. The summed E-state index contributed by atoms with van der Waals surface area (Å²) in [7, 11) is 0. The molecule has 0 aliphatic carbocycles. The van der Waals surface area contributed by atoms with E-state index in [0.29, 0.717) is 30.6 Å². The molecule has 2 aromatic heterocycles. The van der Waals surface area contributed by atoms with Gasteiger partial charge in [0.2, 0.25) is 0 Å². The van der Waals surface area contributed by atoms with Crippen molar-refractivity contribution in [3.8, 4) is 0 Å². The van der Waals surface area contributed by atoms with Gasteiger partial charge in [0.25, 0.3) is 0 Å².